The van der Waals surface area contributed by atoms with Crippen LogP contribution >= 0.6 is 34.4 Å². The second-order valence-electron chi connectivity index (χ2n) is 9.78. The summed E-state index contributed by atoms with van der Waals surface area (Å²) in [6, 6.07) is 16.5. The number of rotatable bonds is 7. The Bertz CT molecular complexity index is 1650. The number of nitrogens with zero attached hydrogens (tertiary/aromatic N) is 6. The SMILES string of the molecule is CC1CS/C(=N\N=C\c2ccc(-c3ncn(-c4ccc(OC(F)(F)F)cc4)n3)cc2)N(c2c(CI)cccc2C(F)(F)F)C1. The van der Waals surface area contributed by atoms with Crippen LogP contribution in [0.2, 0.25) is 0 Å². The van der Waals surface area contributed by atoms with Crippen molar-refractivity contribution in [3.05, 3.63) is 89.7 Å². The minimum Gasteiger partial charge on any atom is -0.406 e. The van der Waals surface area contributed by atoms with E-state index in [0.717, 1.165) is 6.07 Å². The molecule has 0 radical (unpaired) electrons. The highest BCUT2D eigenvalue weighted by Crippen LogP contribution is 2.42. The van der Waals surface area contributed by atoms with Gasteiger partial charge in [-0.2, -0.15) is 18.3 Å². The van der Waals surface area contributed by atoms with E-state index in [2.05, 4.69) is 47.6 Å². The number of amidine groups is 1. The van der Waals surface area contributed by atoms with Gasteiger partial charge in [-0.3, -0.25) is 0 Å². The van der Waals surface area contributed by atoms with Crippen LogP contribution in [0.25, 0.3) is 17.1 Å². The van der Waals surface area contributed by atoms with Crippen LogP contribution in [0.15, 0.2) is 83.3 Å². The van der Waals surface area contributed by atoms with Crippen molar-refractivity contribution >= 4 is 51.4 Å². The molecule has 44 heavy (non-hydrogen) atoms. The maximum atomic E-state index is 14.0. The zero-order chi connectivity index (χ0) is 31.5. The van der Waals surface area contributed by atoms with Crippen molar-refractivity contribution in [3.63, 3.8) is 0 Å². The maximum absolute atomic E-state index is 14.0. The van der Waals surface area contributed by atoms with Crippen LogP contribution in [0.4, 0.5) is 32.0 Å². The van der Waals surface area contributed by atoms with Gasteiger partial charge in [-0.25, -0.2) is 9.67 Å². The highest BCUT2D eigenvalue weighted by Gasteiger charge is 2.38. The normalized spacial score (nSPS) is 17.0. The molecule has 0 amide bonds. The molecule has 0 aliphatic carbocycles. The zero-order valence-electron chi connectivity index (χ0n) is 22.8. The largest absolute Gasteiger partial charge is 0.573 e. The molecule has 1 aliphatic rings. The summed E-state index contributed by atoms with van der Waals surface area (Å²) in [5, 5.41) is 13.3. The van der Waals surface area contributed by atoms with Crippen molar-refractivity contribution in [2.75, 3.05) is 17.2 Å². The molecule has 3 aromatic carbocycles. The second-order valence-corrected chi connectivity index (χ2v) is 11.5. The smallest absolute Gasteiger partial charge is 0.406 e. The monoisotopic (exact) mass is 744 g/mol. The Morgan fingerprint density at radius 3 is 2.41 bits per heavy atom. The van der Waals surface area contributed by atoms with Crippen molar-refractivity contribution in [1.29, 1.82) is 0 Å². The van der Waals surface area contributed by atoms with Gasteiger partial charge < -0.3 is 9.64 Å². The molecule has 0 saturated carbocycles. The summed E-state index contributed by atoms with van der Waals surface area (Å²) in [6.45, 7) is 2.38. The van der Waals surface area contributed by atoms with Crippen LogP contribution in [-0.4, -0.2) is 44.8 Å². The molecule has 1 unspecified atom stereocenters. The van der Waals surface area contributed by atoms with Gasteiger partial charge in [0, 0.05) is 22.3 Å². The number of alkyl halides is 7. The quantitative estimate of drug-likeness (QED) is 0.0626. The fourth-order valence-electron chi connectivity index (χ4n) is 4.44. The number of halogens is 7. The van der Waals surface area contributed by atoms with E-state index >= 15 is 0 Å². The van der Waals surface area contributed by atoms with Crippen LogP contribution < -0.4 is 9.64 Å². The van der Waals surface area contributed by atoms with E-state index < -0.39 is 18.1 Å². The summed E-state index contributed by atoms with van der Waals surface area (Å²) < 4.78 is 84.8. The summed E-state index contributed by atoms with van der Waals surface area (Å²) in [7, 11) is 0. The molecule has 230 valence electrons. The Labute approximate surface area is 266 Å². The predicted molar refractivity (Wildman–Crippen MR) is 167 cm³/mol. The summed E-state index contributed by atoms with van der Waals surface area (Å²) in [5.74, 6) is 0.906. The number of aromatic nitrogens is 3. The third kappa shape index (κ3) is 7.72. The lowest BCUT2D eigenvalue weighted by Gasteiger charge is -2.35. The number of benzene rings is 3. The highest BCUT2D eigenvalue weighted by molar-refractivity contribution is 14.1. The molecule has 1 aliphatic heterocycles. The third-order valence-corrected chi connectivity index (χ3v) is 8.52. The number of thioether (sulfide) groups is 1. The topological polar surface area (TPSA) is 67.9 Å². The van der Waals surface area contributed by atoms with Crippen molar-refractivity contribution in [3.8, 4) is 22.8 Å². The first-order chi connectivity index (χ1) is 20.9. The highest BCUT2D eigenvalue weighted by atomic mass is 127. The van der Waals surface area contributed by atoms with Crippen LogP contribution in [0, 0.1) is 5.92 Å². The van der Waals surface area contributed by atoms with Gasteiger partial charge in [-0.15, -0.1) is 23.4 Å². The Morgan fingerprint density at radius 1 is 1.02 bits per heavy atom. The average Bonchev–Trinajstić information content (AvgIpc) is 3.47. The minimum absolute atomic E-state index is 0.115. The van der Waals surface area contributed by atoms with Crippen molar-refractivity contribution in [2.45, 2.75) is 23.9 Å². The molecule has 0 bridgehead atoms. The number of ether oxygens (including phenoxy) is 1. The fraction of sp³-hybridized carbons (Fsp3) is 0.241. The van der Waals surface area contributed by atoms with E-state index in [9.17, 15) is 26.3 Å². The van der Waals surface area contributed by atoms with Gasteiger partial charge in [0.25, 0.3) is 0 Å². The van der Waals surface area contributed by atoms with Crippen molar-refractivity contribution < 1.29 is 31.1 Å². The first-order valence-electron chi connectivity index (χ1n) is 13.1. The number of anilines is 1. The first kappa shape index (κ1) is 31.8. The molecule has 2 heterocycles. The van der Waals surface area contributed by atoms with Crippen LogP contribution in [0.1, 0.15) is 23.6 Å². The minimum atomic E-state index is -4.78. The number of hydrogen-bond donors (Lipinski definition) is 0. The van der Waals surface area contributed by atoms with Gasteiger partial charge >= 0.3 is 12.5 Å². The lowest BCUT2D eigenvalue weighted by molar-refractivity contribution is -0.274. The fourth-order valence-corrected chi connectivity index (χ4v) is 6.02. The Kier molecular flexibility index (Phi) is 9.53. The summed E-state index contributed by atoms with van der Waals surface area (Å²) in [5.41, 5.74) is 1.87. The third-order valence-electron chi connectivity index (χ3n) is 6.41. The Balaban J connectivity index is 1.32. The first-order valence-corrected chi connectivity index (χ1v) is 15.6. The summed E-state index contributed by atoms with van der Waals surface area (Å²) in [6.07, 6.45) is -6.34. The van der Waals surface area contributed by atoms with Gasteiger partial charge in [0.2, 0.25) is 0 Å². The standard InChI is InChI=1S/C29H23F6IN6OS/c1-18-15-41(25-21(13-36)3-2-4-24(25)28(30,31)32)27(44-16-18)39-38-14-19-5-7-20(8-6-19)26-37-17-42(40-26)22-9-11-23(12-10-22)43-29(33,34)35/h2-12,14,17-18H,13,15-16H2,1H3/b38-14+,39-27-. The maximum Gasteiger partial charge on any atom is 0.573 e. The molecular weight excluding hydrogens is 721 g/mol. The summed E-state index contributed by atoms with van der Waals surface area (Å²) in [4.78, 5) is 5.90. The molecule has 1 atom stereocenters. The van der Waals surface area contributed by atoms with Gasteiger partial charge in [0.1, 0.15) is 12.1 Å². The molecule has 1 saturated heterocycles. The second kappa shape index (κ2) is 13.2. The van der Waals surface area contributed by atoms with E-state index in [1.165, 1.54) is 59.3 Å². The zero-order valence-corrected chi connectivity index (χ0v) is 25.8. The molecule has 5 rings (SSSR count). The van der Waals surface area contributed by atoms with E-state index in [1.807, 2.05) is 6.92 Å². The van der Waals surface area contributed by atoms with Crippen LogP contribution in [0.5, 0.6) is 5.75 Å². The van der Waals surface area contributed by atoms with E-state index in [4.69, 9.17) is 0 Å². The lowest BCUT2D eigenvalue weighted by atomic mass is 10.0. The predicted octanol–water partition coefficient (Wildman–Crippen LogP) is 8.37. The van der Waals surface area contributed by atoms with Crippen LogP contribution in [-0.2, 0) is 10.6 Å². The number of para-hydroxylation sites is 1. The molecule has 1 aromatic heterocycles. The van der Waals surface area contributed by atoms with Gasteiger partial charge in [-0.05, 0) is 47.4 Å². The molecule has 4 aromatic rings. The Hall–Kier alpha value is -3.60. The molecule has 0 N–H and O–H groups in total. The van der Waals surface area contributed by atoms with Gasteiger partial charge in [0.15, 0.2) is 11.0 Å². The Morgan fingerprint density at radius 2 is 1.75 bits per heavy atom. The number of hydrogen-bond acceptors (Lipinski definition) is 6. The van der Waals surface area contributed by atoms with E-state index in [0.29, 0.717) is 50.1 Å². The van der Waals surface area contributed by atoms with E-state index in [1.54, 1.807) is 35.2 Å². The molecule has 15 heteroatoms. The molecule has 1 fully saturated rings. The van der Waals surface area contributed by atoms with Crippen molar-refractivity contribution in [1.82, 2.24) is 14.8 Å². The molecule has 0 spiro atoms. The van der Waals surface area contributed by atoms with Gasteiger partial charge in [-0.1, -0.05) is 77.7 Å². The van der Waals surface area contributed by atoms with Gasteiger partial charge in [0.05, 0.1) is 23.2 Å². The van der Waals surface area contributed by atoms with Crippen molar-refractivity contribution in [2.24, 2.45) is 16.1 Å². The van der Waals surface area contributed by atoms with Crippen LogP contribution in [0.3, 0.4) is 0 Å². The van der Waals surface area contributed by atoms with E-state index in [-0.39, 0.29) is 17.4 Å². The average molecular weight is 745 g/mol. The lowest BCUT2D eigenvalue weighted by Crippen LogP contribution is -2.40. The summed E-state index contributed by atoms with van der Waals surface area (Å²) >= 11 is 3.43. The molecular formula is C29H23F6IN6OS. The molecule has 7 nitrogen and oxygen atoms in total.